The summed E-state index contributed by atoms with van der Waals surface area (Å²) in [4.78, 5) is 0. The van der Waals surface area contributed by atoms with E-state index in [1.54, 1.807) is 48.5 Å². The van der Waals surface area contributed by atoms with E-state index in [0.717, 1.165) is 71.9 Å². The number of nitrogens with zero attached hydrogens (tertiary/aromatic N) is 6. The summed E-state index contributed by atoms with van der Waals surface area (Å²) in [5.74, 6) is 0. The van der Waals surface area contributed by atoms with Crippen LogP contribution in [0.25, 0.3) is 99.5 Å². The number of hydrogen-bond acceptors (Lipinski definition) is 4. The molecule has 68 heavy (non-hydrogen) atoms. The van der Waals surface area contributed by atoms with E-state index in [-0.39, 0.29) is 22.3 Å². The molecule has 0 aliphatic rings. The number of benzene rings is 9. The predicted octanol–water partition coefficient (Wildman–Crippen LogP) is 15.1. The lowest BCUT2D eigenvalue weighted by molar-refractivity contribution is -0.137. The topological polar surface area (TPSA) is 105 Å². The number of halogens is 3. The Labute approximate surface area is 387 Å². The quantitative estimate of drug-likeness (QED) is 0.166. The molecule has 0 radical (unpaired) electrons. The molecule has 0 bridgehead atoms. The van der Waals surface area contributed by atoms with Gasteiger partial charge in [0, 0.05) is 32.7 Å². The summed E-state index contributed by atoms with van der Waals surface area (Å²) < 4.78 is 50.3. The monoisotopic (exact) mass is 880 g/mol. The Morgan fingerprint density at radius 2 is 0.809 bits per heavy atom. The van der Waals surface area contributed by atoms with Crippen LogP contribution in [0.15, 0.2) is 188 Å². The highest BCUT2D eigenvalue weighted by molar-refractivity contribution is 6.13. The van der Waals surface area contributed by atoms with Crippen LogP contribution in [-0.2, 0) is 6.18 Å². The summed E-state index contributed by atoms with van der Waals surface area (Å²) in [7, 11) is 0. The molecule has 11 aromatic rings. The van der Waals surface area contributed by atoms with Gasteiger partial charge in [0.05, 0.1) is 85.5 Å². The Bertz CT molecular complexity index is 4050. The summed E-state index contributed by atoms with van der Waals surface area (Å²) in [6.07, 6.45) is -4.85. The van der Waals surface area contributed by atoms with Crippen molar-refractivity contribution < 1.29 is 13.2 Å². The molecule has 9 heteroatoms. The van der Waals surface area contributed by atoms with Gasteiger partial charge in [-0.25, -0.2) is 0 Å². The van der Waals surface area contributed by atoms with Crippen LogP contribution in [-0.4, -0.2) is 9.13 Å². The van der Waals surface area contributed by atoms with Crippen LogP contribution < -0.4 is 0 Å². The van der Waals surface area contributed by atoms with E-state index in [4.69, 9.17) is 0 Å². The Morgan fingerprint density at radius 1 is 0.353 bits per heavy atom. The maximum atomic E-state index is 15.4. The molecule has 0 aliphatic carbocycles. The summed E-state index contributed by atoms with van der Waals surface area (Å²) in [5.41, 5.74) is 9.05. The van der Waals surface area contributed by atoms with Gasteiger partial charge >= 0.3 is 6.18 Å². The van der Waals surface area contributed by atoms with Crippen molar-refractivity contribution in [2.24, 2.45) is 0 Å². The molecule has 0 aliphatic heterocycles. The van der Waals surface area contributed by atoms with Crippen LogP contribution in [0.4, 0.5) is 13.2 Å². The van der Waals surface area contributed by atoms with Crippen molar-refractivity contribution in [1.29, 1.82) is 21.0 Å². The predicted molar refractivity (Wildman–Crippen MR) is 261 cm³/mol. The van der Waals surface area contributed by atoms with Crippen molar-refractivity contribution in [1.82, 2.24) is 9.13 Å². The average Bonchev–Trinajstić information content (AvgIpc) is 3.89. The molecule has 0 unspecified atom stereocenters. The standard InChI is InChI=1S/C59H31F3N6/c60-59(61,62)50-29-38(34-65)19-26-44(50)47-10-6-14-56(68-52-12-4-2-9-46(52)49-31-42(25-28-54(49)68)40-22-17-37(33-64)18-23-40)58(47)57-43(35-66)7-5-13-55(57)67-51-11-3-1-8-45(51)48-30-41(24-27-53(48)67)39-20-15-36(32-63)16-21-39/h1-31H. The van der Waals surface area contributed by atoms with Gasteiger partial charge in [-0.1, -0.05) is 97.1 Å². The molecule has 9 aromatic carbocycles. The van der Waals surface area contributed by atoms with E-state index in [9.17, 15) is 21.0 Å². The fourth-order valence-electron chi connectivity index (χ4n) is 9.68. The van der Waals surface area contributed by atoms with Crippen molar-refractivity contribution in [3.63, 3.8) is 0 Å². The Balaban J connectivity index is 1.25. The first-order valence-corrected chi connectivity index (χ1v) is 21.6. The zero-order chi connectivity index (χ0) is 46.7. The van der Waals surface area contributed by atoms with Crippen LogP contribution in [0.1, 0.15) is 27.8 Å². The van der Waals surface area contributed by atoms with Crippen LogP contribution in [0.2, 0.25) is 0 Å². The Kier molecular flexibility index (Phi) is 9.72. The number of rotatable bonds is 6. The molecular weight excluding hydrogens is 850 g/mol. The molecule has 11 rings (SSSR count). The van der Waals surface area contributed by atoms with Crippen molar-refractivity contribution in [3.8, 4) is 80.2 Å². The SMILES string of the molecule is N#Cc1ccc(-c2ccc3c(c2)c2ccccc2n3-c2cccc(C#N)c2-c2c(-c3ccc(C#N)cc3C(F)(F)F)cccc2-n2c3ccccc3c3cc(-c4ccc(C#N)cc4)ccc32)cc1. The van der Waals surface area contributed by atoms with Gasteiger partial charge in [0.25, 0.3) is 0 Å². The highest BCUT2D eigenvalue weighted by Crippen LogP contribution is 2.49. The highest BCUT2D eigenvalue weighted by Gasteiger charge is 2.36. The molecule has 0 N–H and O–H groups in total. The van der Waals surface area contributed by atoms with Gasteiger partial charge in [0.15, 0.2) is 0 Å². The van der Waals surface area contributed by atoms with Gasteiger partial charge < -0.3 is 9.13 Å². The molecule has 318 valence electrons. The van der Waals surface area contributed by atoms with Crippen molar-refractivity contribution in [3.05, 3.63) is 216 Å². The minimum Gasteiger partial charge on any atom is -0.309 e. The molecule has 0 saturated carbocycles. The van der Waals surface area contributed by atoms with Gasteiger partial charge in [-0.05, 0) is 124 Å². The largest absolute Gasteiger partial charge is 0.417 e. The third kappa shape index (κ3) is 6.63. The van der Waals surface area contributed by atoms with Crippen molar-refractivity contribution >= 4 is 43.6 Å². The van der Waals surface area contributed by atoms with Gasteiger partial charge in [-0.3, -0.25) is 0 Å². The summed E-state index contributed by atoms with van der Waals surface area (Å²) in [6.45, 7) is 0. The van der Waals surface area contributed by atoms with E-state index in [2.05, 4.69) is 39.5 Å². The van der Waals surface area contributed by atoms with Gasteiger partial charge in [0.2, 0.25) is 0 Å². The Morgan fingerprint density at radius 3 is 1.31 bits per heavy atom. The number of para-hydroxylation sites is 2. The third-order valence-corrected chi connectivity index (χ3v) is 12.7. The number of aromatic nitrogens is 2. The number of fused-ring (bicyclic) bond motifs is 6. The summed E-state index contributed by atoms with van der Waals surface area (Å²) in [6, 6.07) is 65.6. The molecule has 0 spiro atoms. The van der Waals surface area contributed by atoms with E-state index >= 15 is 13.2 Å². The maximum Gasteiger partial charge on any atom is 0.417 e. The highest BCUT2D eigenvalue weighted by atomic mass is 19.4. The molecule has 6 nitrogen and oxygen atoms in total. The molecular formula is C59H31F3N6. The first-order chi connectivity index (χ1) is 33.2. The van der Waals surface area contributed by atoms with Gasteiger partial charge in [-0.2, -0.15) is 34.2 Å². The van der Waals surface area contributed by atoms with E-state index < -0.39 is 11.7 Å². The lowest BCUT2D eigenvalue weighted by atomic mass is 9.86. The van der Waals surface area contributed by atoms with E-state index in [1.807, 2.05) is 115 Å². The first-order valence-electron chi connectivity index (χ1n) is 21.6. The third-order valence-electron chi connectivity index (χ3n) is 12.7. The fourth-order valence-corrected chi connectivity index (χ4v) is 9.68. The second-order valence-electron chi connectivity index (χ2n) is 16.4. The lowest BCUT2D eigenvalue weighted by Gasteiger charge is -2.24. The van der Waals surface area contributed by atoms with Crippen LogP contribution in [0, 0.1) is 45.3 Å². The molecule has 0 fully saturated rings. The molecule has 0 amide bonds. The van der Waals surface area contributed by atoms with Crippen LogP contribution in [0.5, 0.6) is 0 Å². The number of alkyl halides is 3. The minimum atomic E-state index is -4.85. The second kappa shape index (κ2) is 16.1. The van der Waals surface area contributed by atoms with Gasteiger partial charge in [-0.15, -0.1) is 0 Å². The minimum absolute atomic E-state index is 0.136. The second-order valence-corrected chi connectivity index (χ2v) is 16.4. The smallest absolute Gasteiger partial charge is 0.309 e. The normalized spacial score (nSPS) is 11.4. The van der Waals surface area contributed by atoms with E-state index in [0.29, 0.717) is 33.6 Å². The molecule has 0 saturated heterocycles. The van der Waals surface area contributed by atoms with E-state index in [1.165, 1.54) is 12.1 Å². The fraction of sp³-hybridized carbons (Fsp3) is 0.0169. The molecule has 0 atom stereocenters. The molecule has 2 heterocycles. The average molecular weight is 881 g/mol. The lowest BCUT2D eigenvalue weighted by Crippen LogP contribution is -2.09. The van der Waals surface area contributed by atoms with Crippen molar-refractivity contribution in [2.75, 3.05) is 0 Å². The summed E-state index contributed by atoms with van der Waals surface area (Å²) >= 11 is 0. The van der Waals surface area contributed by atoms with Crippen LogP contribution >= 0.6 is 0 Å². The molecule has 2 aromatic heterocycles. The van der Waals surface area contributed by atoms with Crippen LogP contribution in [0.3, 0.4) is 0 Å². The zero-order valence-electron chi connectivity index (χ0n) is 35.7. The summed E-state index contributed by atoms with van der Waals surface area (Å²) in [5, 5.41) is 43.5. The number of nitriles is 4. The zero-order valence-corrected chi connectivity index (χ0v) is 35.7. The number of hydrogen-bond donors (Lipinski definition) is 0. The van der Waals surface area contributed by atoms with Gasteiger partial charge in [0.1, 0.15) is 0 Å². The first kappa shape index (κ1) is 41.1. The maximum absolute atomic E-state index is 15.4. The Hall–Kier alpha value is -9.67. The van der Waals surface area contributed by atoms with Crippen molar-refractivity contribution in [2.45, 2.75) is 6.18 Å².